The summed E-state index contributed by atoms with van der Waals surface area (Å²) < 4.78 is 5.31. The first-order chi connectivity index (χ1) is 6.54. The fourth-order valence-corrected chi connectivity index (χ4v) is 1.02. The lowest BCUT2D eigenvalue weighted by Crippen LogP contribution is -2.38. The topological polar surface area (TPSA) is 97.1 Å². The number of aromatic nitrogens is 2. The fraction of sp³-hybridized carbons (Fsp3) is 0.571. The van der Waals surface area contributed by atoms with Crippen LogP contribution < -0.4 is 16.8 Å². The molecule has 78 valence electrons. The number of hydrogen-bond acceptors (Lipinski definition) is 5. The normalized spacial score (nSPS) is 12.7. The van der Waals surface area contributed by atoms with E-state index in [2.05, 4.69) is 9.84 Å². The molecule has 2 N–H and O–H groups in total. The zero-order chi connectivity index (χ0) is 10.7. The van der Waals surface area contributed by atoms with Gasteiger partial charge in [0.25, 0.3) is 0 Å². The number of Topliss-reactive ketones (excluding diaryl/α,β-unsaturated/α-hetero) is 1. The number of aromatic amines is 1. The first kappa shape index (κ1) is 10.5. The Balaban J connectivity index is 2.87. The van der Waals surface area contributed by atoms with E-state index in [9.17, 15) is 14.4 Å². The van der Waals surface area contributed by atoms with Crippen molar-refractivity contribution in [2.24, 2.45) is 0 Å². The fourth-order valence-electron chi connectivity index (χ4n) is 1.02. The summed E-state index contributed by atoms with van der Waals surface area (Å²) in [7, 11) is 1.59. The predicted molar refractivity (Wildman–Crippen MR) is 47.1 cm³/mol. The molecule has 1 heterocycles. The summed E-state index contributed by atoms with van der Waals surface area (Å²) in [4.78, 5) is 34.5. The predicted octanol–water partition coefficient (Wildman–Crippen LogP) is -1.69. The summed E-state index contributed by atoms with van der Waals surface area (Å²) in [5.74, 6) is -0.961. The molecule has 0 spiro atoms. The van der Waals surface area contributed by atoms with Gasteiger partial charge in [0.05, 0.1) is 12.6 Å². The van der Waals surface area contributed by atoms with Crippen LogP contribution in [0.2, 0.25) is 0 Å². The Morgan fingerprint density at radius 2 is 2.29 bits per heavy atom. The molecule has 0 saturated heterocycles. The SMILES string of the molecule is CN[C@@H](Cn1oc(=O)[nH]c1=O)C(C)=O. The van der Waals surface area contributed by atoms with Crippen LogP contribution in [0.15, 0.2) is 14.1 Å². The average Bonchev–Trinajstić information content (AvgIpc) is 2.40. The molecule has 1 aromatic heterocycles. The van der Waals surface area contributed by atoms with E-state index in [0.717, 1.165) is 4.74 Å². The van der Waals surface area contributed by atoms with Gasteiger partial charge in [-0.1, -0.05) is 0 Å². The van der Waals surface area contributed by atoms with Gasteiger partial charge in [-0.15, -0.1) is 4.74 Å². The maximum atomic E-state index is 11.0. The van der Waals surface area contributed by atoms with Crippen LogP contribution in [-0.4, -0.2) is 28.6 Å². The van der Waals surface area contributed by atoms with Gasteiger partial charge in [0.1, 0.15) is 5.78 Å². The van der Waals surface area contributed by atoms with Gasteiger partial charge < -0.3 is 9.84 Å². The van der Waals surface area contributed by atoms with Crippen molar-refractivity contribution in [1.82, 2.24) is 15.0 Å². The lowest BCUT2D eigenvalue weighted by Gasteiger charge is -2.10. The molecule has 0 aliphatic carbocycles. The summed E-state index contributed by atoms with van der Waals surface area (Å²) in [6, 6.07) is -0.536. The van der Waals surface area contributed by atoms with E-state index in [0.29, 0.717) is 0 Å². The summed E-state index contributed by atoms with van der Waals surface area (Å²) in [5, 5.41) is 2.70. The lowest BCUT2D eigenvalue weighted by molar-refractivity contribution is -0.119. The molecule has 0 bridgehead atoms. The third kappa shape index (κ3) is 2.19. The van der Waals surface area contributed by atoms with Crippen LogP contribution in [0.4, 0.5) is 0 Å². The van der Waals surface area contributed by atoms with E-state index in [1.807, 2.05) is 4.98 Å². The van der Waals surface area contributed by atoms with Gasteiger partial charge in [-0.05, 0) is 14.0 Å². The molecule has 0 aliphatic rings. The van der Waals surface area contributed by atoms with Crippen molar-refractivity contribution in [3.63, 3.8) is 0 Å². The molecule has 0 aromatic carbocycles. The first-order valence-corrected chi connectivity index (χ1v) is 4.02. The van der Waals surface area contributed by atoms with Crippen molar-refractivity contribution in [3.8, 4) is 0 Å². The molecule has 0 fully saturated rings. The average molecular weight is 201 g/mol. The number of likely N-dealkylation sites (N-methyl/N-ethyl adjacent to an activating group) is 1. The number of nitrogens with zero attached hydrogens (tertiary/aromatic N) is 1. The van der Waals surface area contributed by atoms with Gasteiger partial charge in [0.2, 0.25) is 0 Å². The quantitative estimate of drug-likeness (QED) is 0.605. The van der Waals surface area contributed by atoms with Crippen molar-refractivity contribution in [3.05, 3.63) is 21.0 Å². The standard InChI is InChI=1S/C7H11N3O4/c1-4(11)5(8-2)3-10-6(12)9-7(13)14-10/h5,8H,3H2,1-2H3,(H,9,12,13)/t5-/m0/s1. The number of carbonyl (C=O) groups is 1. The van der Waals surface area contributed by atoms with Gasteiger partial charge in [0.15, 0.2) is 0 Å². The smallest absolute Gasteiger partial charge is 0.317 e. The Morgan fingerprint density at radius 1 is 1.64 bits per heavy atom. The molecule has 0 saturated carbocycles. The number of nitrogens with one attached hydrogen (secondary N) is 2. The van der Waals surface area contributed by atoms with E-state index >= 15 is 0 Å². The van der Waals surface area contributed by atoms with Crippen LogP contribution in [-0.2, 0) is 11.3 Å². The molecular formula is C7H11N3O4. The van der Waals surface area contributed by atoms with Gasteiger partial charge in [-0.3, -0.25) is 4.79 Å². The molecule has 0 unspecified atom stereocenters. The lowest BCUT2D eigenvalue weighted by atomic mass is 10.2. The highest BCUT2D eigenvalue weighted by Gasteiger charge is 2.15. The van der Waals surface area contributed by atoms with E-state index in [1.54, 1.807) is 7.05 Å². The highest BCUT2D eigenvalue weighted by atomic mass is 16.5. The van der Waals surface area contributed by atoms with E-state index in [4.69, 9.17) is 0 Å². The molecule has 7 heteroatoms. The molecule has 0 aliphatic heterocycles. The molecule has 0 amide bonds. The molecule has 1 atom stereocenters. The van der Waals surface area contributed by atoms with Crippen LogP contribution >= 0.6 is 0 Å². The zero-order valence-corrected chi connectivity index (χ0v) is 7.86. The van der Waals surface area contributed by atoms with Gasteiger partial charge in [-0.25, -0.2) is 14.6 Å². The van der Waals surface area contributed by atoms with Crippen molar-refractivity contribution >= 4 is 5.78 Å². The number of rotatable bonds is 4. The first-order valence-electron chi connectivity index (χ1n) is 4.02. The number of ketones is 1. The second kappa shape index (κ2) is 4.05. The molecule has 1 rings (SSSR count). The molecule has 7 nitrogen and oxygen atoms in total. The largest absolute Gasteiger partial charge is 0.440 e. The Kier molecular flexibility index (Phi) is 3.03. The highest BCUT2D eigenvalue weighted by Crippen LogP contribution is 1.88. The van der Waals surface area contributed by atoms with Gasteiger partial charge in [-0.2, -0.15) is 0 Å². The van der Waals surface area contributed by atoms with Crippen LogP contribution in [0.1, 0.15) is 6.92 Å². The Hall–Kier alpha value is -1.63. The summed E-state index contributed by atoms with van der Waals surface area (Å²) in [5.41, 5.74) is -0.656. The van der Waals surface area contributed by atoms with Gasteiger partial charge in [0, 0.05) is 0 Å². The minimum Gasteiger partial charge on any atom is -0.317 e. The molecule has 0 radical (unpaired) electrons. The van der Waals surface area contributed by atoms with Gasteiger partial charge >= 0.3 is 11.4 Å². The van der Waals surface area contributed by atoms with Crippen molar-refractivity contribution in [1.29, 1.82) is 0 Å². The summed E-state index contributed by atoms with van der Waals surface area (Å²) >= 11 is 0. The van der Waals surface area contributed by atoms with Crippen LogP contribution in [0.25, 0.3) is 0 Å². The highest BCUT2D eigenvalue weighted by molar-refractivity contribution is 5.81. The van der Waals surface area contributed by atoms with Crippen molar-refractivity contribution in [2.75, 3.05) is 7.05 Å². The van der Waals surface area contributed by atoms with Crippen LogP contribution in [0, 0.1) is 0 Å². The van der Waals surface area contributed by atoms with E-state index < -0.39 is 17.5 Å². The molecule has 14 heavy (non-hydrogen) atoms. The summed E-state index contributed by atoms with van der Waals surface area (Å²) in [6.45, 7) is 1.39. The van der Waals surface area contributed by atoms with Crippen LogP contribution in [0.5, 0.6) is 0 Å². The van der Waals surface area contributed by atoms with E-state index in [1.165, 1.54) is 6.92 Å². The van der Waals surface area contributed by atoms with Crippen molar-refractivity contribution < 1.29 is 9.32 Å². The second-order valence-electron chi connectivity index (χ2n) is 2.82. The zero-order valence-electron chi connectivity index (χ0n) is 7.86. The number of hydrogen-bond donors (Lipinski definition) is 2. The minimum atomic E-state index is -0.826. The maximum Gasteiger partial charge on any atom is 0.440 e. The Bertz CT molecular complexity index is 427. The molecular weight excluding hydrogens is 190 g/mol. The third-order valence-electron chi connectivity index (χ3n) is 1.82. The Morgan fingerprint density at radius 3 is 2.64 bits per heavy atom. The third-order valence-corrected chi connectivity index (χ3v) is 1.82. The summed E-state index contributed by atoms with van der Waals surface area (Å²) in [6.07, 6.45) is 0. The minimum absolute atomic E-state index is 0.00338. The monoisotopic (exact) mass is 201 g/mol. The number of carbonyl (C=O) groups excluding carboxylic acids is 1. The number of H-pyrrole nitrogens is 1. The van der Waals surface area contributed by atoms with E-state index in [-0.39, 0.29) is 12.3 Å². The van der Waals surface area contributed by atoms with Crippen molar-refractivity contribution in [2.45, 2.75) is 19.5 Å². The Labute approximate surface area is 78.7 Å². The second-order valence-corrected chi connectivity index (χ2v) is 2.82. The maximum absolute atomic E-state index is 11.0. The van der Waals surface area contributed by atoms with Crippen LogP contribution in [0.3, 0.4) is 0 Å². The molecule has 1 aromatic rings.